The Morgan fingerprint density at radius 2 is 2.00 bits per heavy atom. The highest BCUT2D eigenvalue weighted by Gasteiger charge is 2.16. The standard InChI is InChI=1S/C12H13BrN4/c1-7-4-5-16-12(15)10(7)11(14)9-3-2-8(13)6-17-9/h2-6,11H,14H2,1H3,(H2,15,16). The van der Waals surface area contributed by atoms with Crippen LogP contribution in [0.5, 0.6) is 0 Å². The van der Waals surface area contributed by atoms with Crippen molar-refractivity contribution in [1.82, 2.24) is 9.97 Å². The molecule has 0 saturated heterocycles. The molecule has 1 unspecified atom stereocenters. The molecule has 2 rings (SSSR count). The van der Waals surface area contributed by atoms with Crippen LogP contribution >= 0.6 is 15.9 Å². The molecule has 0 saturated carbocycles. The molecule has 2 aromatic heterocycles. The van der Waals surface area contributed by atoms with E-state index in [1.54, 1.807) is 12.4 Å². The predicted molar refractivity (Wildman–Crippen MR) is 71.4 cm³/mol. The van der Waals surface area contributed by atoms with Gasteiger partial charge < -0.3 is 11.5 Å². The van der Waals surface area contributed by atoms with Gasteiger partial charge in [0.2, 0.25) is 0 Å². The van der Waals surface area contributed by atoms with Crippen molar-refractivity contribution in [3.63, 3.8) is 0 Å². The monoisotopic (exact) mass is 292 g/mol. The summed E-state index contributed by atoms with van der Waals surface area (Å²) in [5.41, 5.74) is 14.7. The second kappa shape index (κ2) is 4.81. The van der Waals surface area contributed by atoms with Gasteiger partial charge in [-0.2, -0.15) is 0 Å². The first-order valence-electron chi connectivity index (χ1n) is 5.17. The number of anilines is 1. The van der Waals surface area contributed by atoms with Crippen molar-refractivity contribution in [2.24, 2.45) is 5.73 Å². The summed E-state index contributed by atoms with van der Waals surface area (Å²) < 4.78 is 0.921. The molecule has 0 bridgehead atoms. The van der Waals surface area contributed by atoms with Gasteiger partial charge in [-0.25, -0.2) is 4.98 Å². The summed E-state index contributed by atoms with van der Waals surface area (Å²) in [5.74, 6) is 0.460. The Morgan fingerprint density at radius 1 is 1.24 bits per heavy atom. The van der Waals surface area contributed by atoms with Crippen LogP contribution < -0.4 is 11.5 Å². The Morgan fingerprint density at radius 3 is 2.59 bits per heavy atom. The number of halogens is 1. The van der Waals surface area contributed by atoms with Gasteiger partial charge in [0.25, 0.3) is 0 Å². The lowest BCUT2D eigenvalue weighted by Gasteiger charge is -2.15. The van der Waals surface area contributed by atoms with Crippen LogP contribution in [-0.4, -0.2) is 9.97 Å². The molecule has 4 N–H and O–H groups in total. The number of nitrogen functional groups attached to an aromatic ring is 1. The fraction of sp³-hybridized carbons (Fsp3) is 0.167. The van der Waals surface area contributed by atoms with E-state index in [4.69, 9.17) is 11.5 Å². The number of aryl methyl sites for hydroxylation is 1. The second-order valence-corrected chi connectivity index (χ2v) is 4.72. The highest BCUT2D eigenvalue weighted by Crippen LogP contribution is 2.25. The fourth-order valence-corrected chi connectivity index (χ4v) is 1.95. The molecular formula is C12H13BrN4. The average Bonchev–Trinajstić information content (AvgIpc) is 2.29. The topological polar surface area (TPSA) is 77.8 Å². The lowest BCUT2D eigenvalue weighted by Crippen LogP contribution is -2.17. The molecule has 0 amide bonds. The number of hydrogen-bond donors (Lipinski definition) is 2. The molecule has 0 aliphatic carbocycles. The first-order chi connectivity index (χ1) is 8.09. The molecule has 17 heavy (non-hydrogen) atoms. The van der Waals surface area contributed by atoms with E-state index < -0.39 is 0 Å². The molecule has 2 aromatic rings. The number of nitrogens with zero attached hydrogens (tertiary/aromatic N) is 2. The van der Waals surface area contributed by atoms with E-state index in [2.05, 4.69) is 25.9 Å². The zero-order chi connectivity index (χ0) is 12.4. The van der Waals surface area contributed by atoms with Crippen LogP contribution in [0.15, 0.2) is 35.1 Å². The van der Waals surface area contributed by atoms with Gasteiger partial charge in [-0.3, -0.25) is 4.98 Å². The molecule has 1 atom stereocenters. The van der Waals surface area contributed by atoms with Crippen LogP contribution in [0.4, 0.5) is 5.82 Å². The maximum absolute atomic E-state index is 6.17. The number of nitrogens with two attached hydrogens (primary N) is 2. The zero-order valence-corrected chi connectivity index (χ0v) is 11.0. The number of rotatable bonds is 2. The molecule has 2 heterocycles. The maximum Gasteiger partial charge on any atom is 0.128 e. The van der Waals surface area contributed by atoms with E-state index >= 15 is 0 Å². The molecule has 0 aromatic carbocycles. The number of aromatic nitrogens is 2. The summed E-state index contributed by atoms with van der Waals surface area (Å²) in [6.07, 6.45) is 3.40. The van der Waals surface area contributed by atoms with Crippen LogP contribution in [-0.2, 0) is 0 Å². The van der Waals surface area contributed by atoms with E-state index in [1.165, 1.54) is 0 Å². The van der Waals surface area contributed by atoms with Gasteiger partial charge in [0, 0.05) is 22.4 Å². The lowest BCUT2D eigenvalue weighted by atomic mass is 10.0. The van der Waals surface area contributed by atoms with Crippen LogP contribution in [0.2, 0.25) is 0 Å². The minimum absolute atomic E-state index is 0.350. The third-order valence-corrected chi connectivity index (χ3v) is 3.09. The summed E-state index contributed by atoms with van der Waals surface area (Å²) in [6.45, 7) is 1.96. The molecule has 0 spiro atoms. The summed E-state index contributed by atoms with van der Waals surface area (Å²) in [4.78, 5) is 8.35. The fourth-order valence-electron chi connectivity index (χ4n) is 1.71. The lowest BCUT2D eigenvalue weighted by molar-refractivity contribution is 0.817. The Kier molecular flexibility index (Phi) is 3.40. The maximum atomic E-state index is 6.17. The van der Waals surface area contributed by atoms with E-state index in [0.29, 0.717) is 5.82 Å². The van der Waals surface area contributed by atoms with E-state index in [9.17, 15) is 0 Å². The van der Waals surface area contributed by atoms with Crippen LogP contribution in [0.1, 0.15) is 22.9 Å². The van der Waals surface area contributed by atoms with E-state index in [1.807, 2.05) is 25.1 Å². The molecule has 5 heteroatoms. The van der Waals surface area contributed by atoms with Crippen molar-refractivity contribution in [2.45, 2.75) is 13.0 Å². The van der Waals surface area contributed by atoms with Gasteiger partial charge in [0.1, 0.15) is 5.82 Å². The summed E-state index contributed by atoms with van der Waals surface area (Å²) in [6, 6.07) is 5.33. The molecular weight excluding hydrogens is 280 g/mol. The third kappa shape index (κ3) is 2.45. The Labute approximate surface area is 108 Å². The van der Waals surface area contributed by atoms with Gasteiger partial charge in [-0.15, -0.1) is 0 Å². The minimum atomic E-state index is -0.350. The van der Waals surface area contributed by atoms with Gasteiger partial charge in [-0.1, -0.05) is 0 Å². The van der Waals surface area contributed by atoms with Crippen molar-refractivity contribution >= 4 is 21.7 Å². The molecule has 0 radical (unpaired) electrons. The first kappa shape index (κ1) is 12.0. The van der Waals surface area contributed by atoms with E-state index in [0.717, 1.165) is 21.3 Å². The van der Waals surface area contributed by atoms with Gasteiger partial charge in [-0.05, 0) is 46.6 Å². The summed E-state index contributed by atoms with van der Waals surface area (Å²) >= 11 is 3.34. The Hall–Kier alpha value is -1.46. The van der Waals surface area contributed by atoms with Gasteiger partial charge in [0.15, 0.2) is 0 Å². The van der Waals surface area contributed by atoms with Crippen LogP contribution in [0, 0.1) is 6.92 Å². The average molecular weight is 293 g/mol. The van der Waals surface area contributed by atoms with E-state index in [-0.39, 0.29) is 6.04 Å². The van der Waals surface area contributed by atoms with Crippen molar-refractivity contribution < 1.29 is 0 Å². The third-order valence-electron chi connectivity index (χ3n) is 2.62. The Bertz CT molecular complexity index is 504. The zero-order valence-electron chi connectivity index (χ0n) is 9.39. The van der Waals surface area contributed by atoms with Gasteiger partial charge >= 0.3 is 0 Å². The summed E-state index contributed by atoms with van der Waals surface area (Å²) in [7, 11) is 0. The quantitative estimate of drug-likeness (QED) is 0.889. The minimum Gasteiger partial charge on any atom is -0.383 e. The molecule has 4 nitrogen and oxygen atoms in total. The van der Waals surface area contributed by atoms with Crippen LogP contribution in [0.3, 0.4) is 0 Å². The normalized spacial score (nSPS) is 12.4. The number of hydrogen-bond acceptors (Lipinski definition) is 4. The van der Waals surface area contributed by atoms with Crippen molar-refractivity contribution in [3.05, 3.63) is 51.9 Å². The smallest absolute Gasteiger partial charge is 0.128 e. The molecule has 0 aliphatic rings. The predicted octanol–water partition coefficient (Wildman–Crippen LogP) is 2.18. The largest absolute Gasteiger partial charge is 0.383 e. The van der Waals surface area contributed by atoms with Crippen LogP contribution in [0.25, 0.3) is 0 Å². The molecule has 0 fully saturated rings. The van der Waals surface area contributed by atoms with Gasteiger partial charge in [0.05, 0.1) is 11.7 Å². The number of pyridine rings is 2. The first-order valence-corrected chi connectivity index (χ1v) is 5.97. The highest BCUT2D eigenvalue weighted by atomic mass is 79.9. The highest BCUT2D eigenvalue weighted by molar-refractivity contribution is 9.10. The molecule has 0 aliphatic heterocycles. The van der Waals surface area contributed by atoms with Crippen molar-refractivity contribution in [2.75, 3.05) is 5.73 Å². The van der Waals surface area contributed by atoms with Crippen molar-refractivity contribution in [3.8, 4) is 0 Å². The second-order valence-electron chi connectivity index (χ2n) is 3.81. The molecule has 88 valence electrons. The summed E-state index contributed by atoms with van der Waals surface area (Å²) in [5, 5.41) is 0. The Balaban J connectivity index is 2.43. The van der Waals surface area contributed by atoms with Crippen molar-refractivity contribution in [1.29, 1.82) is 0 Å². The SMILES string of the molecule is Cc1ccnc(N)c1C(N)c1ccc(Br)cn1.